The first-order valence-electron chi connectivity index (χ1n) is 10.9. The summed E-state index contributed by atoms with van der Waals surface area (Å²) in [5.74, 6) is 1.56. The molecule has 4 rings (SSSR count). The third-order valence-electron chi connectivity index (χ3n) is 5.96. The molecule has 0 saturated carbocycles. The van der Waals surface area contributed by atoms with Gasteiger partial charge < -0.3 is 20.3 Å². The van der Waals surface area contributed by atoms with Crippen LogP contribution < -0.4 is 20.3 Å². The number of hydrogen-bond donors (Lipinski definition) is 2. The number of methoxy groups -OCH3 is 1. The standard InChI is InChI=1S/C23H33N7OS/c1-22(2)13-16(14-23(3,4)28-22)29(6)21-26-25-20(32-21)17-9-8-15(12-18(17)31-7)30-11-10-19(24-5)27-30/h8-12,16,28H,13-14H2,1-7H3,(H,24,27). The zero-order valence-electron chi connectivity index (χ0n) is 19.9. The fraction of sp³-hybridized carbons (Fsp3) is 0.522. The Bertz CT molecular complexity index is 1070. The Balaban J connectivity index is 1.59. The summed E-state index contributed by atoms with van der Waals surface area (Å²) in [5, 5.41) is 22.1. The summed E-state index contributed by atoms with van der Waals surface area (Å²) in [6, 6.07) is 8.34. The molecule has 2 N–H and O–H groups in total. The van der Waals surface area contributed by atoms with Gasteiger partial charge in [0.2, 0.25) is 5.13 Å². The molecule has 32 heavy (non-hydrogen) atoms. The van der Waals surface area contributed by atoms with Crippen LogP contribution in [0, 0.1) is 0 Å². The van der Waals surface area contributed by atoms with Crippen molar-refractivity contribution in [1.29, 1.82) is 0 Å². The molecule has 8 nitrogen and oxygen atoms in total. The highest BCUT2D eigenvalue weighted by molar-refractivity contribution is 7.18. The second kappa shape index (κ2) is 8.37. The number of nitrogens with zero attached hydrogens (tertiary/aromatic N) is 5. The molecule has 3 heterocycles. The number of ether oxygens (including phenoxy) is 1. The average Bonchev–Trinajstić information content (AvgIpc) is 3.40. The monoisotopic (exact) mass is 455 g/mol. The van der Waals surface area contributed by atoms with Gasteiger partial charge in [0.1, 0.15) is 11.6 Å². The van der Waals surface area contributed by atoms with E-state index in [4.69, 9.17) is 4.74 Å². The minimum atomic E-state index is 0.0763. The maximum absolute atomic E-state index is 5.70. The first-order valence-corrected chi connectivity index (χ1v) is 11.7. The molecular weight excluding hydrogens is 422 g/mol. The van der Waals surface area contributed by atoms with Crippen molar-refractivity contribution in [3.8, 4) is 22.0 Å². The van der Waals surface area contributed by atoms with Crippen molar-refractivity contribution in [1.82, 2.24) is 25.3 Å². The van der Waals surface area contributed by atoms with E-state index < -0.39 is 0 Å². The molecule has 0 bridgehead atoms. The van der Waals surface area contributed by atoms with Gasteiger partial charge in [0.15, 0.2) is 5.01 Å². The van der Waals surface area contributed by atoms with Gasteiger partial charge in [-0.15, -0.1) is 10.2 Å². The van der Waals surface area contributed by atoms with Crippen molar-refractivity contribution >= 4 is 22.3 Å². The number of aromatic nitrogens is 4. The Morgan fingerprint density at radius 1 is 1.16 bits per heavy atom. The molecule has 0 radical (unpaired) electrons. The van der Waals surface area contributed by atoms with Crippen LogP contribution in [0.15, 0.2) is 30.5 Å². The SMILES string of the molecule is CNc1ccn(-c2ccc(-c3nnc(N(C)C4CC(C)(C)NC(C)(C)C4)s3)c(OC)c2)n1. The quantitative estimate of drug-likeness (QED) is 0.577. The molecule has 1 aliphatic heterocycles. The normalized spacial score (nSPS) is 17.8. The van der Waals surface area contributed by atoms with E-state index in [0.29, 0.717) is 6.04 Å². The number of anilines is 2. The van der Waals surface area contributed by atoms with Crippen LogP contribution in [0.5, 0.6) is 5.75 Å². The van der Waals surface area contributed by atoms with E-state index in [0.717, 1.165) is 45.8 Å². The second-order valence-electron chi connectivity index (χ2n) is 9.74. The molecule has 1 aromatic carbocycles. The third-order valence-corrected chi connectivity index (χ3v) is 7.00. The van der Waals surface area contributed by atoms with Gasteiger partial charge in [0, 0.05) is 49.5 Å². The number of nitrogens with one attached hydrogen (secondary N) is 2. The van der Waals surface area contributed by atoms with Crippen molar-refractivity contribution in [2.45, 2.75) is 57.7 Å². The fourth-order valence-electron chi connectivity index (χ4n) is 4.77. The fourth-order valence-corrected chi connectivity index (χ4v) is 5.67. The molecule has 1 saturated heterocycles. The van der Waals surface area contributed by atoms with Crippen LogP contribution in [0.25, 0.3) is 16.3 Å². The van der Waals surface area contributed by atoms with Crippen LogP contribution in [0.4, 0.5) is 10.9 Å². The molecule has 0 amide bonds. The molecule has 172 valence electrons. The van der Waals surface area contributed by atoms with E-state index in [1.165, 1.54) is 0 Å². The predicted molar refractivity (Wildman–Crippen MR) is 131 cm³/mol. The van der Waals surface area contributed by atoms with E-state index in [9.17, 15) is 0 Å². The molecule has 0 unspecified atom stereocenters. The lowest BCUT2D eigenvalue weighted by atomic mass is 9.79. The van der Waals surface area contributed by atoms with Gasteiger partial charge in [-0.05, 0) is 52.7 Å². The van der Waals surface area contributed by atoms with Crippen LogP contribution in [0.1, 0.15) is 40.5 Å². The first kappa shape index (κ1) is 22.5. The highest BCUT2D eigenvalue weighted by atomic mass is 32.1. The van der Waals surface area contributed by atoms with Gasteiger partial charge in [-0.25, -0.2) is 4.68 Å². The maximum Gasteiger partial charge on any atom is 0.208 e. The molecule has 0 spiro atoms. The van der Waals surface area contributed by atoms with Crippen LogP contribution >= 0.6 is 11.3 Å². The predicted octanol–water partition coefficient (Wildman–Crippen LogP) is 4.19. The summed E-state index contributed by atoms with van der Waals surface area (Å²) < 4.78 is 7.51. The van der Waals surface area contributed by atoms with E-state index in [-0.39, 0.29) is 11.1 Å². The average molecular weight is 456 g/mol. The van der Waals surface area contributed by atoms with Crippen molar-refractivity contribution in [3.63, 3.8) is 0 Å². The van der Waals surface area contributed by atoms with E-state index in [1.54, 1.807) is 18.4 Å². The lowest BCUT2D eigenvalue weighted by molar-refractivity contribution is 0.161. The summed E-state index contributed by atoms with van der Waals surface area (Å²) in [7, 11) is 5.66. The van der Waals surface area contributed by atoms with Gasteiger partial charge in [-0.1, -0.05) is 11.3 Å². The second-order valence-corrected chi connectivity index (χ2v) is 10.7. The van der Waals surface area contributed by atoms with Crippen molar-refractivity contribution in [2.24, 2.45) is 0 Å². The maximum atomic E-state index is 5.70. The molecule has 1 fully saturated rings. The number of piperidine rings is 1. The number of hydrogen-bond acceptors (Lipinski definition) is 8. The van der Waals surface area contributed by atoms with E-state index >= 15 is 0 Å². The Morgan fingerprint density at radius 3 is 2.50 bits per heavy atom. The van der Waals surface area contributed by atoms with E-state index in [2.05, 4.69) is 65.6 Å². The number of rotatable bonds is 6. The van der Waals surface area contributed by atoms with Gasteiger partial charge in [0.25, 0.3) is 0 Å². The zero-order chi connectivity index (χ0) is 23.1. The smallest absolute Gasteiger partial charge is 0.208 e. The van der Waals surface area contributed by atoms with Crippen LogP contribution in [0.3, 0.4) is 0 Å². The van der Waals surface area contributed by atoms with Crippen LogP contribution in [-0.4, -0.2) is 58.3 Å². The Morgan fingerprint density at radius 2 is 1.88 bits per heavy atom. The Hall–Kier alpha value is -2.65. The minimum absolute atomic E-state index is 0.0763. The lowest BCUT2D eigenvalue weighted by Crippen LogP contribution is -2.61. The number of benzene rings is 1. The van der Waals surface area contributed by atoms with Gasteiger partial charge in [-0.2, -0.15) is 5.10 Å². The van der Waals surface area contributed by atoms with Crippen molar-refractivity contribution in [3.05, 3.63) is 30.5 Å². The van der Waals surface area contributed by atoms with Gasteiger partial charge in [-0.3, -0.25) is 0 Å². The molecule has 0 atom stereocenters. The highest BCUT2D eigenvalue weighted by Crippen LogP contribution is 2.38. The molecule has 2 aromatic heterocycles. The third kappa shape index (κ3) is 4.59. The first-order chi connectivity index (χ1) is 15.1. The highest BCUT2D eigenvalue weighted by Gasteiger charge is 2.39. The molecular formula is C23H33N7OS. The van der Waals surface area contributed by atoms with Crippen LogP contribution in [0.2, 0.25) is 0 Å². The molecule has 3 aromatic rings. The summed E-state index contributed by atoms with van der Waals surface area (Å²) in [6.45, 7) is 9.08. The van der Waals surface area contributed by atoms with E-state index in [1.807, 2.05) is 42.2 Å². The molecule has 0 aliphatic carbocycles. The summed E-state index contributed by atoms with van der Waals surface area (Å²) in [4.78, 5) is 2.29. The van der Waals surface area contributed by atoms with Crippen molar-refractivity contribution < 1.29 is 4.74 Å². The van der Waals surface area contributed by atoms with Crippen LogP contribution in [-0.2, 0) is 0 Å². The van der Waals surface area contributed by atoms with Crippen molar-refractivity contribution in [2.75, 3.05) is 31.4 Å². The minimum Gasteiger partial charge on any atom is -0.496 e. The summed E-state index contributed by atoms with van der Waals surface area (Å²) >= 11 is 1.60. The Labute approximate surface area is 194 Å². The van der Waals surface area contributed by atoms with Gasteiger partial charge in [0.05, 0.1) is 18.4 Å². The molecule has 1 aliphatic rings. The lowest BCUT2D eigenvalue weighted by Gasteiger charge is -2.48. The molecule has 9 heteroatoms. The van der Waals surface area contributed by atoms with Gasteiger partial charge >= 0.3 is 0 Å². The largest absolute Gasteiger partial charge is 0.496 e. The summed E-state index contributed by atoms with van der Waals surface area (Å²) in [5.41, 5.74) is 2.01. The summed E-state index contributed by atoms with van der Waals surface area (Å²) in [6.07, 6.45) is 4.02. The Kier molecular flexibility index (Phi) is 5.89. The zero-order valence-corrected chi connectivity index (χ0v) is 20.7. The topological polar surface area (TPSA) is 80.1 Å².